The van der Waals surface area contributed by atoms with E-state index < -0.39 is 15.5 Å². The van der Waals surface area contributed by atoms with E-state index in [0.717, 1.165) is 16.7 Å². The zero-order valence-corrected chi connectivity index (χ0v) is 18.8. The van der Waals surface area contributed by atoms with Gasteiger partial charge < -0.3 is 20.7 Å². The second-order valence-corrected chi connectivity index (χ2v) is 9.21. The summed E-state index contributed by atoms with van der Waals surface area (Å²) in [4.78, 5) is 16.3. The number of nitrogen functional groups attached to an aromatic ring is 1. The summed E-state index contributed by atoms with van der Waals surface area (Å²) in [5.74, 6) is 1.13. The lowest BCUT2D eigenvalue weighted by Crippen LogP contribution is -2.21. The van der Waals surface area contributed by atoms with Crippen molar-refractivity contribution in [3.8, 4) is 11.1 Å². The molecular weight excluding hydrogens is 436 g/mol. The highest BCUT2D eigenvalue weighted by Gasteiger charge is 2.25. The highest BCUT2D eigenvalue weighted by Crippen LogP contribution is 2.25. The number of pyridine rings is 1. The first-order valence-corrected chi connectivity index (χ1v) is 11.3. The standard InChI is InChI=1S/C20H22N4O3.CH4O3S/c1-20(2,12-25)16-10-18(24-27-16)23-19(26)9-13-3-5-14(6-4-13)15-7-8-17(21)22-11-15;1-5(2,3)4/h3-8,10-11,25H,9,12H2,1-2H3,(H2,21,22)(H,23,24,26);1H3,(H,2,3,4). The lowest BCUT2D eigenvalue weighted by atomic mass is 9.92. The van der Waals surface area contributed by atoms with Gasteiger partial charge in [-0.2, -0.15) is 8.42 Å². The molecule has 0 saturated carbocycles. The number of hydrogen-bond donors (Lipinski definition) is 4. The van der Waals surface area contributed by atoms with E-state index in [-0.39, 0.29) is 18.9 Å². The zero-order chi connectivity index (χ0) is 23.9. The third-order valence-electron chi connectivity index (χ3n) is 4.28. The van der Waals surface area contributed by atoms with Crippen LogP contribution in [0.5, 0.6) is 0 Å². The summed E-state index contributed by atoms with van der Waals surface area (Å²) in [6.45, 7) is 3.58. The van der Waals surface area contributed by atoms with Crippen molar-refractivity contribution in [3.05, 3.63) is 60.0 Å². The van der Waals surface area contributed by atoms with Gasteiger partial charge in [-0.1, -0.05) is 43.3 Å². The van der Waals surface area contributed by atoms with E-state index in [1.807, 2.05) is 44.2 Å². The normalized spacial score (nSPS) is 11.4. The van der Waals surface area contributed by atoms with Crippen molar-refractivity contribution in [1.82, 2.24) is 10.1 Å². The molecule has 32 heavy (non-hydrogen) atoms. The Morgan fingerprint density at radius 1 is 1.16 bits per heavy atom. The van der Waals surface area contributed by atoms with E-state index in [1.165, 1.54) is 0 Å². The summed E-state index contributed by atoms with van der Waals surface area (Å²) in [5.41, 5.74) is 7.88. The van der Waals surface area contributed by atoms with Crippen LogP contribution in [0.15, 0.2) is 53.2 Å². The Morgan fingerprint density at radius 3 is 2.28 bits per heavy atom. The molecule has 10 nitrogen and oxygen atoms in total. The molecule has 0 bridgehead atoms. The molecule has 1 aromatic carbocycles. The molecule has 1 amide bonds. The molecule has 5 N–H and O–H groups in total. The van der Waals surface area contributed by atoms with E-state index in [0.29, 0.717) is 23.7 Å². The van der Waals surface area contributed by atoms with Crippen LogP contribution in [0.25, 0.3) is 11.1 Å². The minimum Gasteiger partial charge on any atom is -0.395 e. The van der Waals surface area contributed by atoms with Crippen molar-refractivity contribution >= 4 is 27.7 Å². The molecule has 11 heteroatoms. The highest BCUT2D eigenvalue weighted by atomic mass is 32.2. The van der Waals surface area contributed by atoms with Gasteiger partial charge in [0.15, 0.2) is 5.82 Å². The van der Waals surface area contributed by atoms with Crippen LogP contribution in [-0.2, 0) is 26.7 Å². The van der Waals surface area contributed by atoms with Crippen molar-refractivity contribution in [2.75, 3.05) is 23.9 Å². The number of nitrogens with one attached hydrogen (secondary N) is 1. The Balaban J connectivity index is 0.000000654. The van der Waals surface area contributed by atoms with E-state index in [2.05, 4.69) is 15.5 Å². The lowest BCUT2D eigenvalue weighted by Gasteiger charge is -2.16. The van der Waals surface area contributed by atoms with Crippen LogP contribution in [-0.4, -0.2) is 47.0 Å². The van der Waals surface area contributed by atoms with Crippen LogP contribution in [0.2, 0.25) is 0 Å². The minimum atomic E-state index is -3.67. The monoisotopic (exact) mass is 462 g/mol. The first-order chi connectivity index (χ1) is 14.9. The SMILES string of the molecule is CC(C)(CO)c1cc(NC(=O)Cc2ccc(-c3ccc(N)nc3)cc2)no1.CS(=O)(=O)O. The average Bonchev–Trinajstić information content (AvgIpc) is 3.17. The van der Waals surface area contributed by atoms with Gasteiger partial charge in [-0.05, 0) is 23.3 Å². The Hall–Kier alpha value is -3.28. The first kappa shape index (κ1) is 25.0. The second-order valence-electron chi connectivity index (χ2n) is 7.75. The maximum atomic E-state index is 12.2. The fourth-order valence-corrected chi connectivity index (χ4v) is 2.49. The van der Waals surface area contributed by atoms with Crippen molar-refractivity contribution in [2.45, 2.75) is 25.7 Å². The van der Waals surface area contributed by atoms with Gasteiger partial charge in [0.05, 0.1) is 19.3 Å². The molecule has 0 saturated heterocycles. The molecule has 0 aliphatic rings. The van der Waals surface area contributed by atoms with Crippen LogP contribution in [0.4, 0.5) is 11.6 Å². The predicted octanol–water partition coefficient (Wildman–Crippen LogP) is 2.27. The molecular formula is C21H26N4O6S. The minimum absolute atomic E-state index is 0.0779. The molecule has 0 atom stereocenters. The Morgan fingerprint density at radius 2 is 1.75 bits per heavy atom. The average molecular weight is 463 g/mol. The van der Waals surface area contributed by atoms with Crippen LogP contribution >= 0.6 is 0 Å². The predicted molar refractivity (Wildman–Crippen MR) is 121 cm³/mol. The van der Waals surface area contributed by atoms with Crippen LogP contribution in [0.3, 0.4) is 0 Å². The van der Waals surface area contributed by atoms with E-state index in [4.69, 9.17) is 14.8 Å². The Labute approximate surface area is 186 Å². The first-order valence-electron chi connectivity index (χ1n) is 9.48. The number of carbonyl (C=O) groups is 1. The number of nitrogens with two attached hydrogens (primary N) is 1. The van der Waals surface area contributed by atoms with Crippen LogP contribution in [0.1, 0.15) is 25.2 Å². The van der Waals surface area contributed by atoms with Gasteiger partial charge in [-0.15, -0.1) is 0 Å². The van der Waals surface area contributed by atoms with Gasteiger partial charge in [0, 0.05) is 23.2 Å². The molecule has 0 radical (unpaired) electrons. The quantitative estimate of drug-likeness (QED) is 0.401. The number of benzene rings is 1. The summed E-state index contributed by atoms with van der Waals surface area (Å²) in [6.07, 6.45) is 2.64. The summed E-state index contributed by atoms with van der Waals surface area (Å²) in [5, 5.41) is 15.9. The largest absolute Gasteiger partial charge is 0.395 e. The maximum absolute atomic E-state index is 12.2. The number of aromatic nitrogens is 2. The summed E-state index contributed by atoms with van der Waals surface area (Å²) < 4.78 is 31.1. The fraction of sp³-hybridized carbons (Fsp3) is 0.286. The summed E-state index contributed by atoms with van der Waals surface area (Å²) >= 11 is 0. The topological polar surface area (TPSA) is 169 Å². The van der Waals surface area contributed by atoms with Gasteiger partial charge in [0.1, 0.15) is 11.6 Å². The van der Waals surface area contributed by atoms with Crippen molar-refractivity contribution < 1.29 is 27.4 Å². The smallest absolute Gasteiger partial charge is 0.261 e. The molecule has 172 valence electrons. The van der Waals surface area contributed by atoms with E-state index in [1.54, 1.807) is 18.3 Å². The Kier molecular flexibility index (Phi) is 8.08. The van der Waals surface area contributed by atoms with Gasteiger partial charge in [-0.25, -0.2) is 4.98 Å². The molecule has 0 aliphatic heterocycles. The number of carbonyl (C=O) groups excluding carboxylic acids is 1. The number of nitrogens with zero attached hydrogens (tertiary/aromatic N) is 2. The molecule has 3 rings (SSSR count). The summed E-state index contributed by atoms with van der Waals surface area (Å²) in [7, 11) is -3.67. The summed E-state index contributed by atoms with van der Waals surface area (Å²) in [6, 6.07) is 13.0. The van der Waals surface area contributed by atoms with E-state index in [9.17, 15) is 18.3 Å². The number of amides is 1. The van der Waals surface area contributed by atoms with E-state index >= 15 is 0 Å². The molecule has 2 heterocycles. The number of aliphatic hydroxyl groups is 1. The molecule has 0 unspecified atom stereocenters. The number of anilines is 2. The molecule has 3 aromatic rings. The molecule has 0 aliphatic carbocycles. The number of rotatable bonds is 6. The maximum Gasteiger partial charge on any atom is 0.261 e. The van der Waals surface area contributed by atoms with Gasteiger partial charge in [0.2, 0.25) is 5.91 Å². The third-order valence-corrected chi connectivity index (χ3v) is 4.28. The van der Waals surface area contributed by atoms with Gasteiger partial charge in [0.25, 0.3) is 10.1 Å². The molecule has 0 fully saturated rings. The third kappa shape index (κ3) is 8.10. The fourth-order valence-electron chi connectivity index (χ4n) is 2.49. The van der Waals surface area contributed by atoms with Crippen LogP contribution in [0, 0.1) is 0 Å². The van der Waals surface area contributed by atoms with Crippen molar-refractivity contribution in [1.29, 1.82) is 0 Å². The van der Waals surface area contributed by atoms with Gasteiger partial charge >= 0.3 is 0 Å². The van der Waals surface area contributed by atoms with Crippen molar-refractivity contribution in [2.24, 2.45) is 0 Å². The molecule has 2 aromatic heterocycles. The Bertz CT molecular complexity index is 1130. The number of aliphatic hydroxyl groups excluding tert-OH is 1. The van der Waals surface area contributed by atoms with Crippen LogP contribution < -0.4 is 11.1 Å². The number of hydrogen-bond acceptors (Lipinski definition) is 8. The zero-order valence-electron chi connectivity index (χ0n) is 17.9. The van der Waals surface area contributed by atoms with Crippen molar-refractivity contribution in [3.63, 3.8) is 0 Å². The van der Waals surface area contributed by atoms with Gasteiger partial charge in [-0.3, -0.25) is 9.35 Å². The second kappa shape index (κ2) is 10.4. The molecule has 0 spiro atoms. The lowest BCUT2D eigenvalue weighted by molar-refractivity contribution is -0.115. The highest BCUT2D eigenvalue weighted by molar-refractivity contribution is 7.85.